The maximum Gasteiger partial charge on any atom is 0.0637 e. The number of hydrogen-bond donors (Lipinski definition) is 1. The quantitative estimate of drug-likeness (QED) is 0.783. The molecule has 1 fully saturated rings. The van der Waals surface area contributed by atoms with Crippen molar-refractivity contribution in [1.82, 2.24) is 10.3 Å². The standard InChI is InChI=1S/C16H25ClN2O/c1-2-9-19-16(14-8-10-18-12-15(14)17)7-3-5-13-6-4-11-20-13/h8,10,12-13,16,19H,2-7,9,11H2,1H3. The summed E-state index contributed by atoms with van der Waals surface area (Å²) >= 11 is 6.28. The monoisotopic (exact) mass is 296 g/mol. The first kappa shape index (κ1) is 15.7. The van der Waals surface area contributed by atoms with Gasteiger partial charge in [0.15, 0.2) is 0 Å². The molecule has 1 aromatic rings. The highest BCUT2D eigenvalue weighted by molar-refractivity contribution is 6.31. The van der Waals surface area contributed by atoms with Crippen molar-refractivity contribution in [3.05, 3.63) is 29.0 Å². The van der Waals surface area contributed by atoms with Crippen LogP contribution >= 0.6 is 11.6 Å². The van der Waals surface area contributed by atoms with Crippen LogP contribution in [0.3, 0.4) is 0 Å². The molecular weight excluding hydrogens is 272 g/mol. The van der Waals surface area contributed by atoms with Crippen LogP contribution in [0.5, 0.6) is 0 Å². The van der Waals surface area contributed by atoms with Crippen LogP contribution in [0.25, 0.3) is 0 Å². The second-order valence-corrected chi connectivity index (χ2v) is 5.88. The molecule has 0 saturated carbocycles. The van der Waals surface area contributed by atoms with Gasteiger partial charge in [0, 0.05) is 25.0 Å². The fourth-order valence-electron chi connectivity index (χ4n) is 2.78. The summed E-state index contributed by atoms with van der Waals surface area (Å²) in [5, 5.41) is 4.36. The SMILES string of the molecule is CCCNC(CCCC1CCCO1)c1ccncc1Cl. The maximum absolute atomic E-state index is 6.28. The second-order valence-electron chi connectivity index (χ2n) is 5.47. The van der Waals surface area contributed by atoms with Crippen molar-refractivity contribution in [2.24, 2.45) is 0 Å². The van der Waals surface area contributed by atoms with Gasteiger partial charge in [-0.1, -0.05) is 18.5 Å². The van der Waals surface area contributed by atoms with Gasteiger partial charge >= 0.3 is 0 Å². The van der Waals surface area contributed by atoms with Crippen LogP contribution in [0.4, 0.5) is 0 Å². The molecule has 2 rings (SSSR count). The Kier molecular flexibility index (Phi) is 6.77. The van der Waals surface area contributed by atoms with Crippen LogP contribution in [0.1, 0.15) is 57.1 Å². The molecule has 2 heterocycles. The molecule has 1 saturated heterocycles. The van der Waals surface area contributed by atoms with E-state index in [4.69, 9.17) is 16.3 Å². The Morgan fingerprint density at radius 2 is 2.45 bits per heavy atom. The van der Waals surface area contributed by atoms with E-state index in [1.54, 1.807) is 6.20 Å². The summed E-state index contributed by atoms with van der Waals surface area (Å²) in [6.45, 7) is 4.15. The van der Waals surface area contributed by atoms with Crippen molar-refractivity contribution in [1.29, 1.82) is 0 Å². The zero-order valence-electron chi connectivity index (χ0n) is 12.3. The molecule has 112 valence electrons. The van der Waals surface area contributed by atoms with E-state index in [1.807, 2.05) is 12.3 Å². The predicted molar refractivity (Wildman–Crippen MR) is 83.1 cm³/mol. The molecule has 0 aliphatic carbocycles. The van der Waals surface area contributed by atoms with Gasteiger partial charge in [-0.3, -0.25) is 4.98 Å². The first-order valence-corrected chi connectivity index (χ1v) is 8.13. The van der Waals surface area contributed by atoms with E-state index in [1.165, 1.54) is 24.8 Å². The maximum atomic E-state index is 6.28. The summed E-state index contributed by atoms with van der Waals surface area (Å²) in [6, 6.07) is 2.36. The van der Waals surface area contributed by atoms with Crippen LogP contribution in [-0.2, 0) is 4.74 Å². The minimum atomic E-state index is 0.326. The highest BCUT2D eigenvalue weighted by atomic mass is 35.5. The summed E-state index contributed by atoms with van der Waals surface area (Å²) in [6.07, 6.45) is 11.0. The normalized spacial score (nSPS) is 20.2. The Hall–Kier alpha value is -0.640. The first-order valence-electron chi connectivity index (χ1n) is 7.75. The number of nitrogens with one attached hydrogen (secondary N) is 1. The number of halogens is 1. The van der Waals surface area contributed by atoms with Gasteiger partial charge in [0.25, 0.3) is 0 Å². The molecule has 1 aliphatic rings. The predicted octanol–water partition coefficient (Wildman–Crippen LogP) is 4.13. The van der Waals surface area contributed by atoms with Crippen molar-refractivity contribution in [3.63, 3.8) is 0 Å². The van der Waals surface area contributed by atoms with E-state index < -0.39 is 0 Å². The fraction of sp³-hybridized carbons (Fsp3) is 0.688. The van der Waals surface area contributed by atoms with Gasteiger partial charge in [-0.15, -0.1) is 0 Å². The Morgan fingerprint density at radius 1 is 1.55 bits per heavy atom. The molecule has 1 N–H and O–H groups in total. The largest absolute Gasteiger partial charge is 0.378 e. The Balaban J connectivity index is 1.87. The molecule has 0 bridgehead atoms. The third-order valence-corrected chi connectivity index (χ3v) is 4.18. The Labute approximate surface area is 127 Å². The third kappa shape index (κ3) is 4.72. The molecule has 2 unspecified atom stereocenters. The van der Waals surface area contributed by atoms with Gasteiger partial charge in [0.1, 0.15) is 0 Å². The van der Waals surface area contributed by atoms with Gasteiger partial charge in [0.05, 0.1) is 11.1 Å². The highest BCUT2D eigenvalue weighted by Gasteiger charge is 2.18. The van der Waals surface area contributed by atoms with Crippen molar-refractivity contribution in [2.75, 3.05) is 13.2 Å². The molecule has 0 amide bonds. The lowest BCUT2D eigenvalue weighted by molar-refractivity contribution is 0.101. The molecule has 2 atom stereocenters. The van der Waals surface area contributed by atoms with Gasteiger partial charge in [-0.05, 0) is 56.7 Å². The van der Waals surface area contributed by atoms with Gasteiger partial charge in [-0.25, -0.2) is 0 Å². The topological polar surface area (TPSA) is 34.1 Å². The molecule has 20 heavy (non-hydrogen) atoms. The van der Waals surface area contributed by atoms with E-state index >= 15 is 0 Å². The summed E-state index contributed by atoms with van der Waals surface area (Å²) in [5.41, 5.74) is 1.17. The van der Waals surface area contributed by atoms with Crippen LogP contribution in [-0.4, -0.2) is 24.2 Å². The van der Waals surface area contributed by atoms with Crippen molar-refractivity contribution in [2.45, 2.75) is 57.6 Å². The summed E-state index contributed by atoms with van der Waals surface area (Å²) in [7, 11) is 0. The summed E-state index contributed by atoms with van der Waals surface area (Å²) in [5.74, 6) is 0. The zero-order chi connectivity index (χ0) is 14.2. The minimum absolute atomic E-state index is 0.326. The Morgan fingerprint density at radius 3 is 3.15 bits per heavy atom. The van der Waals surface area contributed by atoms with E-state index in [-0.39, 0.29) is 0 Å². The number of pyridine rings is 1. The molecule has 1 aromatic heterocycles. The smallest absolute Gasteiger partial charge is 0.0637 e. The van der Waals surface area contributed by atoms with Crippen LogP contribution in [0.2, 0.25) is 5.02 Å². The van der Waals surface area contributed by atoms with E-state index in [0.717, 1.165) is 37.4 Å². The lowest BCUT2D eigenvalue weighted by atomic mass is 10.00. The molecule has 0 aromatic carbocycles. The molecule has 0 spiro atoms. The van der Waals surface area contributed by atoms with E-state index in [0.29, 0.717) is 12.1 Å². The Bertz CT molecular complexity index is 394. The summed E-state index contributed by atoms with van der Waals surface area (Å²) < 4.78 is 5.69. The molecular formula is C16H25ClN2O. The van der Waals surface area contributed by atoms with E-state index in [2.05, 4.69) is 17.2 Å². The van der Waals surface area contributed by atoms with Crippen molar-refractivity contribution >= 4 is 11.6 Å². The second kappa shape index (κ2) is 8.60. The lowest BCUT2D eigenvalue weighted by Crippen LogP contribution is -2.23. The van der Waals surface area contributed by atoms with Crippen LogP contribution in [0.15, 0.2) is 18.5 Å². The number of rotatable bonds is 8. The number of ether oxygens (including phenoxy) is 1. The molecule has 4 heteroatoms. The fourth-order valence-corrected chi connectivity index (χ4v) is 3.03. The average Bonchev–Trinajstić information content (AvgIpc) is 2.97. The number of aromatic nitrogens is 1. The van der Waals surface area contributed by atoms with Crippen LogP contribution in [0, 0.1) is 0 Å². The van der Waals surface area contributed by atoms with Crippen molar-refractivity contribution < 1.29 is 4.74 Å². The van der Waals surface area contributed by atoms with E-state index in [9.17, 15) is 0 Å². The third-order valence-electron chi connectivity index (χ3n) is 3.86. The molecule has 3 nitrogen and oxygen atoms in total. The number of hydrogen-bond acceptors (Lipinski definition) is 3. The van der Waals surface area contributed by atoms with Crippen LogP contribution < -0.4 is 5.32 Å². The zero-order valence-corrected chi connectivity index (χ0v) is 13.0. The lowest BCUT2D eigenvalue weighted by Gasteiger charge is -2.20. The number of nitrogens with zero attached hydrogens (tertiary/aromatic N) is 1. The summed E-state index contributed by atoms with van der Waals surface area (Å²) in [4.78, 5) is 4.07. The average molecular weight is 297 g/mol. The minimum Gasteiger partial charge on any atom is -0.378 e. The molecule has 0 radical (unpaired) electrons. The highest BCUT2D eigenvalue weighted by Crippen LogP contribution is 2.27. The van der Waals surface area contributed by atoms with Gasteiger partial charge in [-0.2, -0.15) is 0 Å². The van der Waals surface area contributed by atoms with Gasteiger partial charge < -0.3 is 10.1 Å². The van der Waals surface area contributed by atoms with Crippen molar-refractivity contribution in [3.8, 4) is 0 Å². The van der Waals surface area contributed by atoms with Gasteiger partial charge in [0.2, 0.25) is 0 Å². The molecule has 1 aliphatic heterocycles. The first-order chi connectivity index (χ1) is 9.81.